The first kappa shape index (κ1) is 14.1. The van der Waals surface area contributed by atoms with E-state index in [9.17, 15) is 9.18 Å². The lowest BCUT2D eigenvalue weighted by Gasteiger charge is -2.13. The topological polar surface area (TPSA) is 55.1 Å². The number of benzene rings is 2. The van der Waals surface area contributed by atoms with Crippen LogP contribution >= 0.6 is 0 Å². The van der Waals surface area contributed by atoms with Crippen LogP contribution in [0.15, 0.2) is 36.4 Å². The highest BCUT2D eigenvalue weighted by molar-refractivity contribution is 6.05. The number of nitrogen functional groups attached to an aromatic ring is 1. The van der Waals surface area contributed by atoms with Crippen LogP contribution in [0, 0.1) is 12.7 Å². The quantitative estimate of drug-likeness (QED) is 0.840. The van der Waals surface area contributed by atoms with Crippen LogP contribution in [0.25, 0.3) is 0 Å². The fourth-order valence-electron chi connectivity index (χ4n) is 2.10. The van der Waals surface area contributed by atoms with E-state index in [2.05, 4.69) is 5.32 Å². The molecule has 1 amide bonds. The molecule has 0 bridgehead atoms. The van der Waals surface area contributed by atoms with Gasteiger partial charge in [-0.25, -0.2) is 4.39 Å². The molecular formula is C16H17FN2O. The first-order valence-corrected chi connectivity index (χ1v) is 6.47. The van der Waals surface area contributed by atoms with Crippen LogP contribution in [-0.4, -0.2) is 5.91 Å². The van der Waals surface area contributed by atoms with Gasteiger partial charge >= 0.3 is 0 Å². The molecule has 104 valence electrons. The second-order valence-electron chi connectivity index (χ2n) is 4.66. The van der Waals surface area contributed by atoms with Crippen LogP contribution in [0.5, 0.6) is 0 Å². The summed E-state index contributed by atoms with van der Waals surface area (Å²) in [6, 6.07) is 9.84. The summed E-state index contributed by atoms with van der Waals surface area (Å²) in [6.07, 6.45) is 0.793. The van der Waals surface area contributed by atoms with Crippen molar-refractivity contribution in [3.8, 4) is 0 Å². The van der Waals surface area contributed by atoms with Crippen LogP contribution in [0.3, 0.4) is 0 Å². The van der Waals surface area contributed by atoms with Crippen molar-refractivity contribution in [2.75, 3.05) is 11.1 Å². The minimum atomic E-state index is -0.617. The van der Waals surface area contributed by atoms with Gasteiger partial charge in [0, 0.05) is 11.4 Å². The lowest BCUT2D eigenvalue weighted by Crippen LogP contribution is -2.16. The van der Waals surface area contributed by atoms with Crippen molar-refractivity contribution in [3.63, 3.8) is 0 Å². The van der Waals surface area contributed by atoms with E-state index in [0.717, 1.165) is 29.3 Å². The summed E-state index contributed by atoms with van der Waals surface area (Å²) < 4.78 is 13.7. The van der Waals surface area contributed by atoms with Gasteiger partial charge in [-0.15, -0.1) is 0 Å². The average Bonchev–Trinajstić information content (AvgIpc) is 2.40. The summed E-state index contributed by atoms with van der Waals surface area (Å²) in [6.45, 7) is 3.92. The molecule has 0 fully saturated rings. The molecule has 2 aromatic carbocycles. The summed E-state index contributed by atoms with van der Waals surface area (Å²) in [5, 5.41) is 2.79. The molecule has 2 rings (SSSR count). The molecule has 20 heavy (non-hydrogen) atoms. The highest BCUT2D eigenvalue weighted by Crippen LogP contribution is 2.22. The molecule has 3 nitrogen and oxygen atoms in total. The molecule has 3 N–H and O–H groups in total. The molecule has 0 saturated heterocycles. The van der Waals surface area contributed by atoms with E-state index < -0.39 is 11.7 Å². The van der Waals surface area contributed by atoms with Crippen molar-refractivity contribution >= 4 is 17.3 Å². The maximum Gasteiger partial charge on any atom is 0.258 e. The summed E-state index contributed by atoms with van der Waals surface area (Å²) >= 11 is 0. The van der Waals surface area contributed by atoms with Gasteiger partial charge in [0.2, 0.25) is 0 Å². The van der Waals surface area contributed by atoms with Gasteiger partial charge in [-0.05, 0) is 42.7 Å². The van der Waals surface area contributed by atoms with Gasteiger partial charge in [-0.2, -0.15) is 0 Å². The van der Waals surface area contributed by atoms with Gasteiger partial charge in [-0.3, -0.25) is 4.79 Å². The number of aryl methyl sites for hydroxylation is 2. The Kier molecular flexibility index (Phi) is 4.03. The van der Waals surface area contributed by atoms with Crippen molar-refractivity contribution in [2.45, 2.75) is 20.3 Å². The van der Waals surface area contributed by atoms with E-state index in [1.807, 2.05) is 32.0 Å². The summed E-state index contributed by atoms with van der Waals surface area (Å²) in [7, 11) is 0. The van der Waals surface area contributed by atoms with Crippen molar-refractivity contribution in [3.05, 3.63) is 58.9 Å². The Morgan fingerprint density at radius 2 is 2.05 bits per heavy atom. The molecule has 0 aromatic heterocycles. The lowest BCUT2D eigenvalue weighted by molar-refractivity contribution is 0.102. The Balaban J connectivity index is 2.33. The Hall–Kier alpha value is -2.36. The van der Waals surface area contributed by atoms with E-state index in [1.54, 1.807) is 0 Å². The standard InChI is InChI=1S/C16H17FN2O/c1-3-11-6-4-5-10(2)15(11)19-16(20)13-8-7-12(18)9-14(13)17/h4-9H,3,18H2,1-2H3,(H,19,20). The number of carbonyl (C=O) groups is 1. The fourth-order valence-corrected chi connectivity index (χ4v) is 2.10. The number of nitrogens with two attached hydrogens (primary N) is 1. The number of para-hydroxylation sites is 1. The van der Waals surface area contributed by atoms with Crippen molar-refractivity contribution < 1.29 is 9.18 Å². The van der Waals surface area contributed by atoms with Crippen LogP contribution in [-0.2, 0) is 6.42 Å². The van der Waals surface area contributed by atoms with Gasteiger partial charge < -0.3 is 11.1 Å². The van der Waals surface area contributed by atoms with Gasteiger partial charge in [-0.1, -0.05) is 25.1 Å². The van der Waals surface area contributed by atoms with Gasteiger partial charge in [0.25, 0.3) is 5.91 Å². The normalized spacial score (nSPS) is 10.3. The maximum absolute atomic E-state index is 13.7. The number of anilines is 2. The van der Waals surface area contributed by atoms with E-state index in [0.29, 0.717) is 5.69 Å². The van der Waals surface area contributed by atoms with Crippen LogP contribution in [0.1, 0.15) is 28.4 Å². The minimum absolute atomic E-state index is 0.00972. The molecule has 0 heterocycles. The third kappa shape index (κ3) is 2.79. The monoisotopic (exact) mass is 272 g/mol. The highest BCUT2D eigenvalue weighted by atomic mass is 19.1. The van der Waals surface area contributed by atoms with Gasteiger partial charge in [0.15, 0.2) is 0 Å². The Labute approximate surface area is 117 Å². The first-order chi connectivity index (χ1) is 9.52. The van der Waals surface area contributed by atoms with Crippen LogP contribution in [0.2, 0.25) is 0 Å². The Morgan fingerprint density at radius 1 is 1.30 bits per heavy atom. The van der Waals surface area contributed by atoms with E-state index >= 15 is 0 Å². The van der Waals surface area contributed by atoms with E-state index in [-0.39, 0.29) is 5.56 Å². The SMILES string of the molecule is CCc1cccc(C)c1NC(=O)c1ccc(N)cc1F. The van der Waals surface area contributed by atoms with E-state index in [1.165, 1.54) is 12.1 Å². The largest absolute Gasteiger partial charge is 0.399 e. The molecular weight excluding hydrogens is 255 g/mol. The molecule has 0 saturated carbocycles. The zero-order valence-corrected chi connectivity index (χ0v) is 11.5. The van der Waals surface area contributed by atoms with Crippen molar-refractivity contribution in [1.82, 2.24) is 0 Å². The average molecular weight is 272 g/mol. The third-order valence-electron chi connectivity index (χ3n) is 3.22. The predicted octanol–water partition coefficient (Wildman–Crippen LogP) is 3.53. The van der Waals surface area contributed by atoms with Crippen LogP contribution in [0.4, 0.5) is 15.8 Å². The molecule has 4 heteroatoms. The molecule has 0 radical (unpaired) electrons. The molecule has 0 spiro atoms. The summed E-state index contributed by atoms with van der Waals surface area (Å²) in [5.74, 6) is -1.08. The number of carbonyl (C=O) groups excluding carboxylic acids is 1. The molecule has 0 aliphatic rings. The van der Waals surface area contributed by atoms with Crippen molar-refractivity contribution in [2.24, 2.45) is 0 Å². The molecule has 0 aliphatic heterocycles. The second-order valence-corrected chi connectivity index (χ2v) is 4.66. The predicted molar refractivity (Wildman–Crippen MR) is 79.3 cm³/mol. The number of hydrogen-bond acceptors (Lipinski definition) is 2. The zero-order valence-electron chi connectivity index (χ0n) is 11.5. The number of amides is 1. The first-order valence-electron chi connectivity index (χ1n) is 6.47. The second kappa shape index (κ2) is 5.74. The smallest absolute Gasteiger partial charge is 0.258 e. The maximum atomic E-state index is 13.7. The third-order valence-corrected chi connectivity index (χ3v) is 3.22. The fraction of sp³-hybridized carbons (Fsp3) is 0.188. The number of halogens is 1. The zero-order chi connectivity index (χ0) is 14.7. The Bertz CT molecular complexity index is 653. The van der Waals surface area contributed by atoms with Gasteiger partial charge in [0.05, 0.1) is 5.56 Å². The molecule has 2 aromatic rings. The number of nitrogens with one attached hydrogen (secondary N) is 1. The van der Waals surface area contributed by atoms with Crippen molar-refractivity contribution in [1.29, 1.82) is 0 Å². The lowest BCUT2D eigenvalue weighted by atomic mass is 10.1. The number of hydrogen-bond donors (Lipinski definition) is 2. The molecule has 0 unspecified atom stereocenters. The van der Waals surface area contributed by atoms with E-state index in [4.69, 9.17) is 5.73 Å². The van der Waals surface area contributed by atoms with Gasteiger partial charge in [0.1, 0.15) is 5.82 Å². The number of rotatable bonds is 3. The highest BCUT2D eigenvalue weighted by Gasteiger charge is 2.14. The molecule has 0 atom stereocenters. The summed E-state index contributed by atoms with van der Waals surface area (Å²) in [4.78, 5) is 12.2. The Morgan fingerprint density at radius 3 is 2.70 bits per heavy atom. The minimum Gasteiger partial charge on any atom is -0.399 e. The molecule has 0 aliphatic carbocycles. The summed E-state index contributed by atoms with van der Waals surface area (Å²) in [5.41, 5.74) is 8.49. The van der Waals surface area contributed by atoms with Crippen LogP contribution < -0.4 is 11.1 Å².